The Kier molecular flexibility index (Phi) is 4.25. The summed E-state index contributed by atoms with van der Waals surface area (Å²) in [6, 6.07) is 19.4. The van der Waals surface area contributed by atoms with Crippen molar-refractivity contribution < 1.29 is 4.79 Å². The zero-order valence-corrected chi connectivity index (χ0v) is 10.7. The Morgan fingerprint density at radius 1 is 1.00 bits per heavy atom. The van der Waals surface area contributed by atoms with Gasteiger partial charge in [-0.2, -0.15) is 5.26 Å². The van der Waals surface area contributed by atoms with Crippen molar-refractivity contribution in [1.82, 2.24) is 0 Å². The summed E-state index contributed by atoms with van der Waals surface area (Å²) < 4.78 is 0. The van der Waals surface area contributed by atoms with Gasteiger partial charge in [0.2, 0.25) is 6.04 Å². The first kappa shape index (κ1) is 13.5. The lowest BCUT2D eigenvalue weighted by Gasteiger charge is -2.09. The zero-order chi connectivity index (χ0) is 14.4. The topological polar surface area (TPSA) is 79.2 Å². The molecule has 0 bridgehead atoms. The van der Waals surface area contributed by atoms with Crippen LogP contribution in [0.25, 0.3) is 0 Å². The summed E-state index contributed by atoms with van der Waals surface area (Å²) >= 11 is 0. The van der Waals surface area contributed by atoms with E-state index in [0.29, 0.717) is 5.71 Å². The van der Waals surface area contributed by atoms with E-state index in [1.54, 1.807) is 0 Å². The molecule has 0 saturated heterocycles. The number of hydrogen-bond acceptors (Lipinski definition) is 3. The van der Waals surface area contributed by atoms with E-state index in [2.05, 4.69) is 4.99 Å². The summed E-state index contributed by atoms with van der Waals surface area (Å²) in [5, 5.41) is 8.98. The Morgan fingerprint density at radius 3 is 1.80 bits per heavy atom. The average molecular weight is 263 g/mol. The van der Waals surface area contributed by atoms with Crippen molar-refractivity contribution in [2.45, 2.75) is 6.04 Å². The number of carbonyl (C=O) groups excluding carboxylic acids is 1. The lowest BCUT2D eigenvalue weighted by atomic mass is 10.0. The van der Waals surface area contributed by atoms with Crippen LogP contribution >= 0.6 is 0 Å². The second kappa shape index (κ2) is 6.30. The molecular formula is C16H13N3O. The van der Waals surface area contributed by atoms with Crippen molar-refractivity contribution in [3.63, 3.8) is 0 Å². The highest BCUT2D eigenvalue weighted by molar-refractivity contribution is 6.13. The molecule has 2 aromatic rings. The maximum atomic E-state index is 11.2. The van der Waals surface area contributed by atoms with Gasteiger partial charge in [-0.3, -0.25) is 9.79 Å². The van der Waals surface area contributed by atoms with Crippen LogP contribution in [0.15, 0.2) is 65.7 Å². The van der Waals surface area contributed by atoms with Crippen molar-refractivity contribution in [1.29, 1.82) is 5.26 Å². The van der Waals surface area contributed by atoms with Gasteiger partial charge in [0, 0.05) is 11.1 Å². The number of rotatable bonds is 4. The molecule has 0 saturated carbocycles. The Morgan fingerprint density at radius 2 is 1.45 bits per heavy atom. The SMILES string of the molecule is N#CC(N=C(c1ccccc1)c1ccccc1)C(N)=O. The summed E-state index contributed by atoms with van der Waals surface area (Å²) in [4.78, 5) is 15.4. The van der Waals surface area contributed by atoms with Gasteiger partial charge in [-0.05, 0) is 0 Å². The molecule has 0 aliphatic carbocycles. The largest absolute Gasteiger partial charge is 0.367 e. The fourth-order valence-corrected chi connectivity index (χ4v) is 1.79. The van der Waals surface area contributed by atoms with Gasteiger partial charge in [-0.15, -0.1) is 0 Å². The highest BCUT2D eigenvalue weighted by Crippen LogP contribution is 2.12. The molecule has 0 aliphatic rings. The van der Waals surface area contributed by atoms with Crippen LogP contribution in [-0.2, 0) is 4.79 Å². The Labute approximate surface area is 117 Å². The predicted molar refractivity (Wildman–Crippen MR) is 77.1 cm³/mol. The van der Waals surface area contributed by atoms with Crippen LogP contribution in [0.2, 0.25) is 0 Å². The maximum absolute atomic E-state index is 11.2. The van der Waals surface area contributed by atoms with E-state index >= 15 is 0 Å². The van der Waals surface area contributed by atoms with Crippen LogP contribution in [0.3, 0.4) is 0 Å². The summed E-state index contributed by atoms with van der Waals surface area (Å²) in [6.07, 6.45) is 0. The fraction of sp³-hybridized carbons (Fsp3) is 0.0625. The average Bonchev–Trinajstić information content (AvgIpc) is 2.50. The van der Waals surface area contributed by atoms with Gasteiger partial charge in [0.25, 0.3) is 5.91 Å². The summed E-state index contributed by atoms with van der Waals surface area (Å²) in [7, 11) is 0. The number of nitrogens with two attached hydrogens (primary N) is 1. The number of benzene rings is 2. The minimum absolute atomic E-state index is 0.580. The second-order valence-electron chi connectivity index (χ2n) is 4.14. The molecule has 0 aromatic heterocycles. The molecule has 1 atom stereocenters. The number of hydrogen-bond donors (Lipinski definition) is 1. The quantitative estimate of drug-likeness (QED) is 0.855. The van der Waals surface area contributed by atoms with Gasteiger partial charge >= 0.3 is 0 Å². The highest BCUT2D eigenvalue weighted by Gasteiger charge is 2.15. The third-order valence-corrected chi connectivity index (χ3v) is 2.74. The van der Waals surface area contributed by atoms with Crippen LogP contribution in [0.4, 0.5) is 0 Å². The molecule has 0 aliphatic heterocycles. The van der Waals surface area contributed by atoms with E-state index < -0.39 is 11.9 Å². The minimum atomic E-state index is -1.19. The first-order valence-corrected chi connectivity index (χ1v) is 6.10. The maximum Gasteiger partial charge on any atom is 0.256 e. The van der Waals surface area contributed by atoms with Gasteiger partial charge in [0.15, 0.2) is 0 Å². The number of carbonyl (C=O) groups is 1. The molecule has 20 heavy (non-hydrogen) atoms. The number of amides is 1. The second-order valence-corrected chi connectivity index (χ2v) is 4.14. The van der Waals surface area contributed by atoms with E-state index in [0.717, 1.165) is 11.1 Å². The molecule has 0 radical (unpaired) electrons. The molecule has 2 rings (SSSR count). The monoisotopic (exact) mass is 263 g/mol. The molecule has 0 fully saturated rings. The lowest BCUT2D eigenvalue weighted by Crippen LogP contribution is -2.27. The van der Waals surface area contributed by atoms with Crippen LogP contribution < -0.4 is 5.73 Å². The molecule has 1 unspecified atom stereocenters. The zero-order valence-electron chi connectivity index (χ0n) is 10.7. The van der Waals surface area contributed by atoms with Crippen molar-refractivity contribution in [2.24, 2.45) is 10.7 Å². The molecule has 4 nitrogen and oxygen atoms in total. The van der Waals surface area contributed by atoms with Crippen LogP contribution in [-0.4, -0.2) is 17.7 Å². The summed E-state index contributed by atoms with van der Waals surface area (Å²) in [5.41, 5.74) is 7.43. The van der Waals surface area contributed by atoms with Crippen molar-refractivity contribution in [3.8, 4) is 6.07 Å². The van der Waals surface area contributed by atoms with E-state index in [9.17, 15) is 4.79 Å². The van der Waals surface area contributed by atoms with Crippen molar-refractivity contribution >= 4 is 11.6 Å². The Balaban J connectivity index is 2.54. The summed E-state index contributed by atoms with van der Waals surface area (Å²) in [6.45, 7) is 0. The van der Waals surface area contributed by atoms with E-state index in [1.165, 1.54) is 0 Å². The Hall–Kier alpha value is -2.93. The molecule has 0 spiro atoms. The van der Waals surface area contributed by atoms with E-state index in [1.807, 2.05) is 66.7 Å². The van der Waals surface area contributed by atoms with Crippen molar-refractivity contribution in [2.75, 3.05) is 0 Å². The van der Waals surface area contributed by atoms with Gasteiger partial charge in [0.1, 0.15) is 0 Å². The standard InChI is InChI=1S/C16H13N3O/c17-11-14(16(18)20)19-15(12-7-3-1-4-8-12)13-9-5-2-6-10-13/h1-10,14H,(H2,18,20). The van der Waals surface area contributed by atoms with Gasteiger partial charge in [-0.25, -0.2) is 0 Å². The molecule has 2 aromatic carbocycles. The van der Waals surface area contributed by atoms with Gasteiger partial charge in [-0.1, -0.05) is 60.7 Å². The third kappa shape index (κ3) is 3.09. The lowest BCUT2D eigenvalue weighted by molar-refractivity contribution is -0.118. The normalized spacial score (nSPS) is 11.2. The third-order valence-electron chi connectivity index (χ3n) is 2.74. The summed E-state index contributed by atoms with van der Waals surface area (Å²) in [5.74, 6) is -0.753. The highest BCUT2D eigenvalue weighted by atomic mass is 16.1. The number of nitriles is 1. The van der Waals surface area contributed by atoms with E-state index in [4.69, 9.17) is 11.0 Å². The Bertz CT molecular complexity index is 616. The first-order valence-electron chi connectivity index (χ1n) is 6.10. The van der Waals surface area contributed by atoms with Gasteiger partial charge in [0.05, 0.1) is 11.8 Å². The van der Waals surface area contributed by atoms with Gasteiger partial charge < -0.3 is 5.73 Å². The number of primary amides is 1. The molecule has 4 heteroatoms. The first-order chi connectivity index (χ1) is 9.72. The fourth-order valence-electron chi connectivity index (χ4n) is 1.79. The number of nitrogens with zero attached hydrogens (tertiary/aromatic N) is 2. The van der Waals surface area contributed by atoms with E-state index in [-0.39, 0.29) is 0 Å². The van der Waals surface area contributed by atoms with Crippen LogP contribution in [0.1, 0.15) is 11.1 Å². The molecule has 0 heterocycles. The smallest absolute Gasteiger partial charge is 0.256 e. The molecule has 98 valence electrons. The number of aliphatic imine (C=N–C) groups is 1. The predicted octanol–water partition coefficient (Wildman–Crippen LogP) is 1.90. The molecular weight excluding hydrogens is 250 g/mol. The molecule has 2 N–H and O–H groups in total. The van der Waals surface area contributed by atoms with Crippen molar-refractivity contribution in [3.05, 3.63) is 71.8 Å². The minimum Gasteiger partial charge on any atom is -0.367 e. The molecule has 1 amide bonds. The van der Waals surface area contributed by atoms with Crippen LogP contribution in [0, 0.1) is 11.3 Å². The van der Waals surface area contributed by atoms with Crippen LogP contribution in [0.5, 0.6) is 0 Å².